The topological polar surface area (TPSA) is 30.5 Å². The molecule has 3 unspecified atom stereocenters. The van der Waals surface area contributed by atoms with E-state index in [0.717, 1.165) is 26.0 Å². The molecule has 0 aromatic heterocycles. The molecule has 1 saturated carbocycles. The molecule has 0 spiro atoms. The SMILES string of the molecule is CCCNC1CC(OCCC(C)(C)C)C1OC. The zero-order valence-electron chi connectivity index (χ0n) is 12.1. The monoisotopic (exact) mass is 243 g/mol. The van der Waals surface area contributed by atoms with Crippen molar-refractivity contribution in [3.8, 4) is 0 Å². The number of nitrogens with one attached hydrogen (secondary N) is 1. The van der Waals surface area contributed by atoms with Crippen molar-refractivity contribution in [2.45, 2.75) is 65.2 Å². The fraction of sp³-hybridized carbons (Fsp3) is 1.00. The molecule has 3 heteroatoms. The zero-order valence-corrected chi connectivity index (χ0v) is 12.1. The Morgan fingerprint density at radius 1 is 1.29 bits per heavy atom. The van der Waals surface area contributed by atoms with Crippen molar-refractivity contribution in [3.63, 3.8) is 0 Å². The van der Waals surface area contributed by atoms with E-state index in [4.69, 9.17) is 9.47 Å². The van der Waals surface area contributed by atoms with Gasteiger partial charge < -0.3 is 14.8 Å². The summed E-state index contributed by atoms with van der Waals surface area (Å²) in [5.74, 6) is 0. The molecule has 0 bridgehead atoms. The Morgan fingerprint density at radius 2 is 2.00 bits per heavy atom. The van der Waals surface area contributed by atoms with Crippen LogP contribution in [0, 0.1) is 5.41 Å². The minimum absolute atomic E-state index is 0.238. The molecule has 3 atom stereocenters. The minimum Gasteiger partial charge on any atom is -0.377 e. The molecular weight excluding hydrogens is 214 g/mol. The van der Waals surface area contributed by atoms with Crippen LogP contribution < -0.4 is 5.32 Å². The molecule has 3 nitrogen and oxygen atoms in total. The Labute approximate surface area is 106 Å². The number of ether oxygens (including phenoxy) is 2. The normalized spacial score (nSPS) is 29.1. The molecule has 1 aliphatic rings. The van der Waals surface area contributed by atoms with Crippen LogP contribution in [-0.4, -0.2) is 38.5 Å². The summed E-state index contributed by atoms with van der Waals surface area (Å²) in [7, 11) is 1.78. The summed E-state index contributed by atoms with van der Waals surface area (Å²) in [6.45, 7) is 10.8. The van der Waals surface area contributed by atoms with Crippen molar-refractivity contribution in [2.24, 2.45) is 5.41 Å². The van der Waals surface area contributed by atoms with Crippen molar-refractivity contribution in [1.82, 2.24) is 5.32 Å². The molecular formula is C14H29NO2. The maximum atomic E-state index is 5.90. The second-order valence-corrected chi connectivity index (χ2v) is 6.22. The van der Waals surface area contributed by atoms with Gasteiger partial charge in [0.1, 0.15) is 0 Å². The molecule has 0 heterocycles. The van der Waals surface area contributed by atoms with Gasteiger partial charge in [-0.15, -0.1) is 0 Å². The first-order valence-electron chi connectivity index (χ1n) is 6.85. The summed E-state index contributed by atoms with van der Waals surface area (Å²) in [4.78, 5) is 0. The lowest BCUT2D eigenvalue weighted by atomic mass is 9.85. The second kappa shape index (κ2) is 6.72. The number of rotatable bonds is 7. The first kappa shape index (κ1) is 14.9. The molecule has 0 saturated heterocycles. The van der Waals surface area contributed by atoms with Crippen LogP contribution in [0.25, 0.3) is 0 Å². The average molecular weight is 243 g/mol. The van der Waals surface area contributed by atoms with Gasteiger partial charge >= 0.3 is 0 Å². The van der Waals surface area contributed by atoms with Gasteiger partial charge in [-0.25, -0.2) is 0 Å². The molecule has 17 heavy (non-hydrogen) atoms. The standard InChI is InChI=1S/C14H29NO2/c1-6-8-15-11-10-12(13(11)16-5)17-9-7-14(2,3)4/h11-13,15H,6-10H2,1-5H3. The van der Waals surface area contributed by atoms with Gasteiger partial charge in [-0.1, -0.05) is 27.7 Å². The van der Waals surface area contributed by atoms with Crippen LogP contribution in [0.1, 0.15) is 47.0 Å². The summed E-state index contributed by atoms with van der Waals surface area (Å²) in [6, 6.07) is 0.486. The van der Waals surface area contributed by atoms with E-state index in [0.29, 0.717) is 11.5 Å². The summed E-state index contributed by atoms with van der Waals surface area (Å²) in [5, 5.41) is 3.50. The van der Waals surface area contributed by atoms with Gasteiger partial charge in [-0.05, 0) is 31.2 Å². The van der Waals surface area contributed by atoms with Gasteiger partial charge in [0.05, 0.1) is 12.2 Å². The first-order valence-corrected chi connectivity index (χ1v) is 6.85. The maximum Gasteiger partial charge on any atom is 0.0986 e. The smallest absolute Gasteiger partial charge is 0.0986 e. The maximum absolute atomic E-state index is 5.90. The Balaban J connectivity index is 2.19. The summed E-state index contributed by atoms with van der Waals surface area (Å²) in [5.41, 5.74) is 0.353. The second-order valence-electron chi connectivity index (χ2n) is 6.22. The van der Waals surface area contributed by atoms with E-state index in [2.05, 4.69) is 33.0 Å². The van der Waals surface area contributed by atoms with Crippen molar-refractivity contribution in [3.05, 3.63) is 0 Å². The molecule has 1 fully saturated rings. The Morgan fingerprint density at radius 3 is 2.53 bits per heavy atom. The van der Waals surface area contributed by atoms with E-state index in [1.54, 1.807) is 7.11 Å². The number of hydrogen-bond donors (Lipinski definition) is 1. The van der Waals surface area contributed by atoms with Gasteiger partial charge in [0.2, 0.25) is 0 Å². The zero-order chi connectivity index (χ0) is 12.9. The van der Waals surface area contributed by atoms with Crippen LogP contribution in [0.2, 0.25) is 0 Å². The molecule has 0 aromatic carbocycles. The highest BCUT2D eigenvalue weighted by atomic mass is 16.5. The fourth-order valence-electron chi connectivity index (χ4n) is 2.11. The third-order valence-electron chi connectivity index (χ3n) is 3.36. The van der Waals surface area contributed by atoms with E-state index in [1.165, 1.54) is 6.42 Å². The molecule has 0 aromatic rings. The summed E-state index contributed by atoms with van der Waals surface area (Å²) >= 11 is 0. The largest absolute Gasteiger partial charge is 0.377 e. The highest BCUT2D eigenvalue weighted by Gasteiger charge is 2.41. The lowest BCUT2D eigenvalue weighted by Gasteiger charge is -2.44. The van der Waals surface area contributed by atoms with Crippen LogP contribution in [0.15, 0.2) is 0 Å². The van der Waals surface area contributed by atoms with E-state index >= 15 is 0 Å². The van der Waals surface area contributed by atoms with Crippen LogP contribution in [0.5, 0.6) is 0 Å². The molecule has 1 rings (SSSR count). The van der Waals surface area contributed by atoms with Gasteiger partial charge in [-0.3, -0.25) is 0 Å². The molecule has 1 aliphatic carbocycles. The van der Waals surface area contributed by atoms with E-state index in [-0.39, 0.29) is 12.2 Å². The molecule has 0 radical (unpaired) electrons. The van der Waals surface area contributed by atoms with E-state index < -0.39 is 0 Å². The van der Waals surface area contributed by atoms with Crippen molar-refractivity contribution in [2.75, 3.05) is 20.3 Å². The Bertz CT molecular complexity index is 213. The third-order valence-corrected chi connectivity index (χ3v) is 3.36. The van der Waals surface area contributed by atoms with Crippen LogP contribution >= 0.6 is 0 Å². The Kier molecular flexibility index (Phi) is 5.90. The molecule has 0 amide bonds. The van der Waals surface area contributed by atoms with Crippen molar-refractivity contribution in [1.29, 1.82) is 0 Å². The van der Waals surface area contributed by atoms with Crippen molar-refractivity contribution >= 4 is 0 Å². The highest BCUT2D eigenvalue weighted by Crippen LogP contribution is 2.28. The first-order chi connectivity index (χ1) is 7.98. The van der Waals surface area contributed by atoms with Crippen LogP contribution in [-0.2, 0) is 9.47 Å². The van der Waals surface area contributed by atoms with Gasteiger partial charge in [-0.2, -0.15) is 0 Å². The summed E-state index contributed by atoms with van der Waals surface area (Å²) < 4.78 is 11.4. The minimum atomic E-state index is 0.238. The number of methoxy groups -OCH3 is 1. The number of hydrogen-bond acceptors (Lipinski definition) is 3. The van der Waals surface area contributed by atoms with E-state index in [9.17, 15) is 0 Å². The average Bonchev–Trinajstić information content (AvgIpc) is 2.20. The molecule has 1 N–H and O–H groups in total. The van der Waals surface area contributed by atoms with E-state index in [1.807, 2.05) is 0 Å². The van der Waals surface area contributed by atoms with Crippen LogP contribution in [0.3, 0.4) is 0 Å². The van der Waals surface area contributed by atoms with Gasteiger partial charge in [0, 0.05) is 19.8 Å². The quantitative estimate of drug-likeness (QED) is 0.745. The fourth-order valence-corrected chi connectivity index (χ4v) is 2.11. The molecule has 0 aliphatic heterocycles. The lowest BCUT2D eigenvalue weighted by molar-refractivity contribution is -0.136. The van der Waals surface area contributed by atoms with Crippen LogP contribution in [0.4, 0.5) is 0 Å². The third kappa shape index (κ3) is 4.94. The highest BCUT2D eigenvalue weighted by molar-refractivity contribution is 4.97. The summed E-state index contributed by atoms with van der Waals surface area (Å²) in [6.07, 6.45) is 3.89. The van der Waals surface area contributed by atoms with Crippen molar-refractivity contribution < 1.29 is 9.47 Å². The van der Waals surface area contributed by atoms with Gasteiger partial charge in [0.25, 0.3) is 0 Å². The lowest BCUT2D eigenvalue weighted by Crippen LogP contribution is -2.60. The Hall–Kier alpha value is -0.120. The predicted molar refractivity (Wildman–Crippen MR) is 71.3 cm³/mol. The predicted octanol–water partition coefficient (Wildman–Crippen LogP) is 2.59. The van der Waals surface area contributed by atoms with Gasteiger partial charge in [0.15, 0.2) is 0 Å². The molecule has 102 valence electrons.